The molecular weight excluding hydrogens is 456 g/mol. The Morgan fingerprint density at radius 1 is 0.750 bits per heavy atom. The van der Waals surface area contributed by atoms with E-state index in [1.54, 1.807) is 24.3 Å². The summed E-state index contributed by atoms with van der Waals surface area (Å²) >= 11 is 0. The fourth-order valence-electron chi connectivity index (χ4n) is 3.09. The van der Waals surface area contributed by atoms with Crippen LogP contribution in [0.5, 0.6) is 0 Å². The van der Waals surface area contributed by atoms with E-state index in [1.807, 2.05) is 13.8 Å². The van der Waals surface area contributed by atoms with E-state index in [4.69, 9.17) is 14.2 Å². The Morgan fingerprint density at radius 3 is 1.38 bits per heavy atom. The monoisotopic (exact) mass is 488 g/mol. The van der Waals surface area contributed by atoms with Crippen molar-refractivity contribution in [2.75, 3.05) is 6.61 Å². The number of rotatable bonds is 4. The first-order valence-corrected chi connectivity index (χ1v) is 13.1. The molecule has 0 aliphatic heterocycles. The number of aryl methyl sites for hydroxylation is 2. The second kappa shape index (κ2) is 13.0. The Labute approximate surface area is 190 Å². The third kappa shape index (κ3) is 10.7. The lowest BCUT2D eigenvalue weighted by Gasteiger charge is -2.24. The van der Waals surface area contributed by atoms with Gasteiger partial charge in [0.1, 0.15) is 0 Å². The molecule has 0 radical (unpaired) electrons. The van der Waals surface area contributed by atoms with Gasteiger partial charge in [-0.25, -0.2) is 0 Å². The van der Waals surface area contributed by atoms with Crippen molar-refractivity contribution in [1.82, 2.24) is 0 Å². The fourth-order valence-corrected chi connectivity index (χ4v) is 4.05. The number of hydrogen-bond acceptors (Lipinski definition) is 6. The highest BCUT2D eigenvalue weighted by Crippen LogP contribution is 2.26. The average Bonchev–Trinajstić information content (AvgIpc) is 2.74. The van der Waals surface area contributed by atoms with Crippen molar-refractivity contribution in [2.24, 2.45) is 5.92 Å². The topological polar surface area (TPSA) is 149 Å². The van der Waals surface area contributed by atoms with Crippen LogP contribution in [0.3, 0.4) is 0 Å². The van der Waals surface area contributed by atoms with Crippen molar-refractivity contribution in [2.45, 2.75) is 61.8 Å². The van der Waals surface area contributed by atoms with Gasteiger partial charge in [0.05, 0.1) is 22.5 Å². The van der Waals surface area contributed by atoms with Crippen LogP contribution in [0.4, 0.5) is 0 Å². The van der Waals surface area contributed by atoms with E-state index in [0.29, 0.717) is 5.92 Å². The molecule has 1 fully saturated rings. The molecule has 2 aromatic carbocycles. The quantitative estimate of drug-likeness (QED) is 0.478. The van der Waals surface area contributed by atoms with Crippen molar-refractivity contribution in [3.8, 4) is 0 Å². The van der Waals surface area contributed by atoms with Crippen LogP contribution >= 0.6 is 0 Å². The largest absolute Gasteiger partial charge is 0.394 e. The van der Waals surface area contributed by atoms with Gasteiger partial charge in [0.25, 0.3) is 20.2 Å². The average molecular weight is 489 g/mol. The van der Waals surface area contributed by atoms with Crippen LogP contribution in [0.15, 0.2) is 58.3 Å². The molecule has 0 bridgehead atoms. The summed E-state index contributed by atoms with van der Waals surface area (Å²) in [6.07, 6.45) is 5.49. The summed E-state index contributed by atoms with van der Waals surface area (Å²) in [6.45, 7) is 3.62. The molecule has 3 rings (SSSR count). The molecule has 0 unspecified atom stereocenters. The van der Waals surface area contributed by atoms with Gasteiger partial charge in [-0.15, -0.1) is 0 Å². The van der Waals surface area contributed by atoms with Crippen LogP contribution in [0.2, 0.25) is 0 Å². The lowest BCUT2D eigenvalue weighted by atomic mass is 9.85. The Bertz CT molecular complexity index is 935. The van der Waals surface area contributed by atoms with Crippen molar-refractivity contribution >= 4 is 20.2 Å². The number of hydrogen-bond donors (Lipinski definition) is 4. The second-order valence-electron chi connectivity index (χ2n) is 7.72. The summed E-state index contributed by atoms with van der Waals surface area (Å²) in [7, 11) is -8.04. The lowest BCUT2D eigenvalue weighted by molar-refractivity contribution is 0.0325. The SMILES string of the molecule is Cc1ccc(S(=O)(=O)O)cc1.Cc1ccc(S(=O)(=O)O)cc1.OC[C@@H](O)C1CCCCC1. The first-order chi connectivity index (χ1) is 14.8. The molecule has 0 heterocycles. The summed E-state index contributed by atoms with van der Waals surface area (Å²) in [5.74, 6) is 0.374. The van der Waals surface area contributed by atoms with Gasteiger partial charge in [0.15, 0.2) is 0 Å². The van der Waals surface area contributed by atoms with Gasteiger partial charge in [-0.2, -0.15) is 16.8 Å². The van der Waals surface area contributed by atoms with Gasteiger partial charge < -0.3 is 10.2 Å². The summed E-state index contributed by atoms with van der Waals surface area (Å²) in [5, 5.41) is 17.9. The summed E-state index contributed by atoms with van der Waals surface area (Å²) in [4.78, 5) is -0.133. The number of aliphatic hydroxyl groups is 2. The molecule has 1 aliphatic carbocycles. The van der Waals surface area contributed by atoms with Crippen LogP contribution in [0.1, 0.15) is 43.2 Å². The van der Waals surface area contributed by atoms with Gasteiger partial charge in [-0.3, -0.25) is 9.11 Å². The molecule has 1 aliphatic rings. The minimum absolute atomic E-state index is 0.0648. The van der Waals surface area contributed by atoms with Gasteiger partial charge in [0.2, 0.25) is 0 Å². The van der Waals surface area contributed by atoms with Crippen molar-refractivity contribution in [3.05, 3.63) is 59.7 Å². The highest BCUT2D eigenvalue weighted by atomic mass is 32.2. The zero-order valence-corrected chi connectivity index (χ0v) is 19.9. The molecule has 2 aromatic rings. The summed E-state index contributed by atoms with van der Waals surface area (Å²) in [6, 6.07) is 12.0. The third-order valence-electron chi connectivity index (χ3n) is 5.02. The van der Waals surface area contributed by atoms with Gasteiger partial charge in [-0.1, -0.05) is 54.7 Å². The normalized spacial score (nSPS) is 15.6. The van der Waals surface area contributed by atoms with E-state index < -0.39 is 26.3 Å². The highest BCUT2D eigenvalue weighted by Gasteiger charge is 2.20. The van der Waals surface area contributed by atoms with Gasteiger partial charge in [0, 0.05) is 0 Å². The molecule has 10 heteroatoms. The van der Waals surface area contributed by atoms with Crippen LogP contribution < -0.4 is 0 Å². The van der Waals surface area contributed by atoms with E-state index in [1.165, 1.54) is 43.5 Å². The third-order valence-corrected chi connectivity index (χ3v) is 6.75. The molecule has 180 valence electrons. The van der Waals surface area contributed by atoms with Crippen LogP contribution in [-0.2, 0) is 20.2 Å². The summed E-state index contributed by atoms with van der Waals surface area (Å²) < 4.78 is 59.1. The minimum Gasteiger partial charge on any atom is -0.394 e. The van der Waals surface area contributed by atoms with E-state index in [0.717, 1.165) is 24.0 Å². The summed E-state index contributed by atoms with van der Waals surface area (Å²) in [5.41, 5.74) is 1.91. The molecule has 0 amide bonds. The smallest absolute Gasteiger partial charge is 0.294 e. The zero-order chi connectivity index (χ0) is 24.4. The fraction of sp³-hybridized carbons (Fsp3) is 0.455. The molecule has 1 saturated carbocycles. The molecule has 1 atom stereocenters. The Morgan fingerprint density at radius 2 is 1.09 bits per heavy atom. The molecule has 0 spiro atoms. The molecular formula is C22H32O8S2. The van der Waals surface area contributed by atoms with Gasteiger partial charge >= 0.3 is 0 Å². The standard InChI is InChI=1S/C8H16O2.2C7H8O3S/c9-6-8(10)7-4-2-1-3-5-7;2*1-6-2-4-7(5-3-6)11(8,9)10/h7-10H,1-6H2;2*2-5H,1H3,(H,8,9,10)/t8-;;/m1../s1. The predicted molar refractivity (Wildman–Crippen MR) is 122 cm³/mol. The number of benzene rings is 2. The maximum absolute atomic E-state index is 10.5. The Hall–Kier alpha value is -1.82. The number of aliphatic hydroxyl groups excluding tert-OH is 2. The van der Waals surface area contributed by atoms with Crippen molar-refractivity contribution in [3.63, 3.8) is 0 Å². The van der Waals surface area contributed by atoms with Crippen molar-refractivity contribution in [1.29, 1.82) is 0 Å². The molecule has 8 nitrogen and oxygen atoms in total. The second-order valence-corrected chi connectivity index (χ2v) is 10.6. The maximum atomic E-state index is 10.5. The molecule has 0 aromatic heterocycles. The zero-order valence-electron chi connectivity index (χ0n) is 18.3. The van der Waals surface area contributed by atoms with Crippen LogP contribution in [-0.4, -0.2) is 48.9 Å². The van der Waals surface area contributed by atoms with E-state index in [-0.39, 0.29) is 16.4 Å². The minimum atomic E-state index is -4.02. The first kappa shape index (κ1) is 28.2. The molecule has 32 heavy (non-hydrogen) atoms. The molecule has 4 N–H and O–H groups in total. The Balaban J connectivity index is 0.000000240. The predicted octanol–water partition coefficient (Wildman–Crippen LogP) is 3.40. The van der Waals surface area contributed by atoms with E-state index >= 15 is 0 Å². The first-order valence-electron chi connectivity index (χ1n) is 10.2. The van der Waals surface area contributed by atoms with Crippen LogP contribution in [0.25, 0.3) is 0 Å². The molecule has 0 saturated heterocycles. The van der Waals surface area contributed by atoms with E-state index in [9.17, 15) is 21.9 Å². The van der Waals surface area contributed by atoms with E-state index in [2.05, 4.69) is 0 Å². The van der Waals surface area contributed by atoms with Crippen LogP contribution in [0, 0.1) is 19.8 Å². The Kier molecular flexibility index (Phi) is 11.5. The highest BCUT2D eigenvalue weighted by molar-refractivity contribution is 7.86. The lowest BCUT2D eigenvalue weighted by Crippen LogP contribution is -2.25. The van der Waals surface area contributed by atoms with Gasteiger partial charge in [-0.05, 0) is 56.9 Å². The maximum Gasteiger partial charge on any atom is 0.294 e. The van der Waals surface area contributed by atoms with Crippen molar-refractivity contribution < 1.29 is 36.2 Å².